The van der Waals surface area contributed by atoms with Gasteiger partial charge >= 0.3 is 0 Å². The minimum absolute atomic E-state index is 0.175. The van der Waals surface area contributed by atoms with Crippen molar-refractivity contribution in [2.24, 2.45) is 0 Å². The normalized spacial score (nSPS) is 11.4. The van der Waals surface area contributed by atoms with Gasteiger partial charge in [0.1, 0.15) is 28.8 Å². The summed E-state index contributed by atoms with van der Waals surface area (Å²) in [5.41, 5.74) is -0.277. The quantitative estimate of drug-likeness (QED) is 0.421. The van der Waals surface area contributed by atoms with Crippen molar-refractivity contribution in [2.75, 3.05) is 12.4 Å². The van der Waals surface area contributed by atoms with E-state index in [0.29, 0.717) is 11.4 Å². The largest absolute Gasteiger partial charge is 0.497 e. The molecule has 1 N–H and O–H groups in total. The smallest absolute Gasteiger partial charge is 0.244 e. The molecule has 0 spiro atoms. The summed E-state index contributed by atoms with van der Waals surface area (Å²) in [5.74, 6) is -1.30. The van der Waals surface area contributed by atoms with Gasteiger partial charge in [-0.15, -0.1) is 0 Å². The number of carbonyl (C=O) groups excluding carboxylic acids is 1. The summed E-state index contributed by atoms with van der Waals surface area (Å²) >= 11 is 0. The maximum absolute atomic E-state index is 13.9. The molecule has 34 heavy (non-hydrogen) atoms. The molecule has 0 radical (unpaired) electrons. The van der Waals surface area contributed by atoms with Crippen molar-refractivity contribution < 1.29 is 26.7 Å². The Morgan fingerprint density at radius 2 is 1.62 bits per heavy atom. The molecule has 7 nitrogen and oxygen atoms in total. The molecule has 0 bridgehead atoms. The first-order valence-corrected chi connectivity index (χ1v) is 11.4. The SMILES string of the molecule is COc1ccc(NC(=O)Cn2cc(S(=O)(=O)c3ccc(F)cc3)c(=O)c3cc(F)ccc32)cc1. The van der Waals surface area contributed by atoms with E-state index in [1.54, 1.807) is 24.3 Å². The molecule has 0 saturated heterocycles. The van der Waals surface area contributed by atoms with Crippen LogP contribution < -0.4 is 15.5 Å². The van der Waals surface area contributed by atoms with Crippen LogP contribution in [0.1, 0.15) is 0 Å². The Bertz CT molecular complexity index is 1550. The molecule has 0 fully saturated rings. The molecule has 1 aromatic heterocycles. The van der Waals surface area contributed by atoms with E-state index in [9.17, 15) is 26.8 Å². The number of ether oxygens (including phenoxy) is 1. The Balaban J connectivity index is 1.78. The Hall–Kier alpha value is -4.05. The average molecular weight is 484 g/mol. The lowest BCUT2D eigenvalue weighted by atomic mass is 10.2. The first-order chi connectivity index (χ1) is 16.2. The van der Waals surface area contributed by atoms with Crippen molar-refractivity contribution in [1.82, 2.24) is 4.57 Å². The van der Waals surface area contributed by atoms with Gasteiger partial charge in [-0.05, 0) is 66.7 Å². The van der Waals surface area contributed by atoms with Crippen LogP contribution in [0.25, 0.3) is 10.9 Å². The second-order valence-corrected chi connectivity index (χ2v) is 9.26. The monoisotopic (exact) mass is 484 g/mol. The maximum Gasteiger partial charge on any atom is 0.244 e. The fourth-order valence-electron chi connectivity index (χ4n) is 3.44. The van der Waals surface area contributed by atoms with Gasteiger partial charge in [-0.25, -0.2) is 17.2 Å². The van der Waals surface area contributed by atoms with Gasteiger partial charge in [-0.2, -0.15) is 0 Å². The molecule has 10 heteroatoms. The number of hydrogen-bond donors (Lipinski definition) is 1. The molecule has 0 aliphatic rings. The number of sulfone groups is 1. The van der Waals surface area contributed by atoms with E-state index in [1.165, 1.54) is 17.7 Å². The van der Waals surface area contributed by atoms with E-state index >= 15 is 0 Å². The van der Waals surface area contributed by atoms with Gasteiger partial charge in [0.25, 0.3) is 0 Å². The van der Waals surface area contributed by atoms with Gasteiger partial charge in [0.15, 0.2) is 0 Å². The lowest BCUT2D eigenvalue weighted by Crippen LogP contribution is -2.24. The van der Waals surface area contributed by atoms with Crippen LogP contribution in [0.5, 0.6) is 5.75 Å². The first kappa shape index (κ1) is 23.1. The van der Waals surface area contributed by atoms with Crippen molar-refractivity contribution in [3.63, 3.8) is 0 Å². The molecule has 0 unspecified atom stereocenters. The third kappa shape index (κ3) is 4.53. The zero-order chi connectivity index (χ0) is 24.5. The van der Waals surface area contributed by atoms with E-state index in [-0.39, 0.29) is 22.3 Å². The number of methoxy groups -OCH3 is 1. The molecule has 0 saturated carbocycles. The number of hydrogen-bond acceptors (Lipinski definition) is 5. The molecule has 3 aromatic carbocycles. The van der Waals surface area contributed by atoms with Gasteiger partial charge in [-0.3, -0.25) is 9.59 Å². The van der Waals surface area contributed by atoms with Crippen LogP contribution in [0.4, 0.5) is 14.5 Å². The fourth-order valence-corrected chi connectivity index (χ4v) is 4.80. The van der Waals surface area contributed by atoms with E-state index in [0.717, 1.165) is 42.6 Å². The highest BCUT2D eigenvalue weighted by Crippen LogP contribution is 2.22. The number of pyridine rings is 1. The lowest BCUT2D eigenvalue weighted by Gasteiger charge is -2.14. The van der Waals surface area contributed by atoms with Crippen LogP contribution >= 0.6 is 0 Å². The number of amides is 1. The molecule has 4 aromatic rings. The number of aromatic nitrogens is 1. The summed E-state index contributed by atoms with van der Waals surface area (Å²) in [6.45, 7) is -0.361. The number of rotatable bonds is 6. The molecule has 1 heterocycles. The first-order valence-electron chi connectivity index (χ1n) is 9.96. The molecule has 0 aliphatic heterocycles. The third-order valence-electron chi connectivity index (χ3n) is 5.11. The molecule has 0 aliphatic carbocycles. The molecule has 0 atom stereocenters. The summed E-state index contributed by atoms with van der Waals surface area (Å²) in [7, 11) is -2.87. The van der Waals surface area contributed by atoms with Gasteiger partial charge in [0.2, 0.25) is 21.2 Å². The highest BCUT2D eigenvalue weighted by molar-refractivity contribution is 7.91. The van der Waals surface area contributed by atoms with Gasteiger partial charge in [0.05, 0.1) is 17.5 Å². The average Bonchev–Trinajstić information content (AvgIpc) is 2.81. The van der Waals surface area contributed by atoms with Crippen molar-refractivity contribution in [2.45, 2.75) is 16.3 Å². The van der Waals surface area contributed by atoms with Crippen LogP contribution in [0.2, 0.25) is 0 Å². The summed E-state index contributed by atoms with van der Waals surface area (Å²) in [6.07, 6.45) is 1.04. The summed E-state index contributed by atoms with van der Waals surface area (Å²) in [6, 6.07) is 13.8. The Morgan fingerprint density at radius 3 is 2.26 bits per heavy atom. The topological polar surface area (TPSA) is 94.5 Å². The zero-order valence-electron chi connectivity index (χ0n) is 17.8. The highest BCUT2D eigenvalue weighted by atomic mass is 32.2. The minimum atomic E-state index is -4.38. The van der Waals surface area contributed by atoms with Gasteiger partial charge in [0, 0.05) is 17.3 Å². The highest BCUT2D eigenvalue weighted by Gasteiger charge is 2.24. The number of benzene rings is 3. The molecule has 4 rings (SSSR count). The van der Waals surface area contributed by atoms with Crippen LogP contribution in [0, 0.1) is 11.6 Å². The van der Waals surface area contributed by atoms with E-state index < -0.39 is 37.7 Å². The van der Waals surface area contributed by atoms with Gasteiger partial charge < -0.3 is 14.6 Å². The molecule has 174 valence electrons. The predicted octanol–water partition coefficient (Wildman–Crippen LogP) is 3.76. The Labute approximate surface area is 193 Å². The zero-order valence-corrected chi connectivity index (χ0v) is 18.6. The predicted molar refractivity (Wildman–Crippen MR) is 122 cm³/mol. The summed E-state index contributed by atoms with van der Waals surface area (Å²) < 4.78 is 59.8. The van der Waals surface area contributed by atoms with E-state index in [2.05, 4.69) is 5.32 Å². The number of nitrogens with zero attached hydrogens (tertiary/aromatic N) is 1. The van der Waals surface area contributed by atoms with E-state index in [4.69, 9.17) is 4.74 Å². The van der Waals surface area contributed by atoms with Crippen molar-refractivity contribution in [3.05, 3.63) is 94.8 Å². The summed E-state index contributed by atoms with van der Waals surface area (Å²) in [5, 5.41) is 2.46. The Morgan fingerprint density at radius 1 is 0.971 bits per heavy atom. The number of carbonyl (C=O) groups is 1. The molecular formula is C24H18F2N2O5S. The Kier molecular flexibility index (Phi) is 6.16. The number of fused-ring (bicyclic) bond motifs is 1. The minimum Gasteiger partial charge on any atom is -0.497 e. The van der Waals surface area contributed by atoms with Crippen LogP contribution in [0.3, 0.4) is 0 Å². The number of anilines is 1. The molecule has 1 amide bonds. The standard InChI is InChI=1S/C24H18F2N2O5S/c1-33-18-7-5-17(6-8-18)27-23(29)14-28-13-22(24(30)20-12-16(26)4-11-21(20)28)34(31,32)19-9-2-15(25)3-10-19/h2-13H,14H2,1H3,(H,27,29). The third-order valence-corrected chi connectivity index (χ3v) is 6.87. The van der Waals surface area contributed by atoms with Crippen LogP contribution in [-0.2, 0) is 21.2 Å². The fraction of sp³-hybridized carbons (Fsp3) is 0.0833. The number of halogens is 2. The summed E-state index contributed by atoms with van der Waals surface area (Å²) in [4.78, 5) is 24.7. The van der Waals surface area contributed by atoms with Crippen molar-refractivity contribution in [3.8, 4) is 5.75 Å². The van der Waals surface area contributed by atoms with E-state index in [1.807, 2.05) is 0 Å². The number of nitrogens with one attached hydrogen (secondary N) is 1. The van der Waals surface area contributed by atoms with Crippen LogP contribution in [-0.4, -0.2) is 26.0 Å². The van der Waals surface area contributed by atoms with Crippen molar-refractivity contribution >= 4 is 32.3 Å². The van der Waals surface area contributed by atoms with Crippen LogP contribution in [0.15, 0.2) is 87.5 Å². The molecular weight excluding hydrogens is 466 g/mol. The second-order valence-electron chi connectivity index (χ2n) is 7.35. The lowest BCUT2D eigenvalue weighted by molar-refractivity contribution is -0.116. The maximum atomic E-state index is 13.9. The van der Waals surface area contributed by atoms with Crippen molar-refractivity contribution in [1.29, 1.82) is 0 Å². The van der Waals surface area contributed by atoms with Gasteiger partial charge in [-0.1, -0.05) is 0 Å². The second kappa shape index (κ2) is 9.06.